The Hall–Kier alpha value is -0.750. The van der Waals surface area contributed by atoms with E-state index in [0.29, 0.717) is 5.75 Å². The van der Waals surface area contributed by atoms with Crippen LogP contribution in [-0.2, 0) is 9.59 Å². The van der Waals surface area contributed by atoms with Crippen molar-refractivity contribution in [2.75, 3.05) is 5.75 Å². The molecule has 1 amide bonds. The van der Waals surface area contributed by atoms with Gasteiger partial charge in [0.1, 0.15) is 6.04 Å². The van der Waals surface area contributed by atoms with Gasteiger partial charge in [0.15, 0.2) is 0 Å². The Balaban J connectivity index is 2.12. The predicted molar refractivity (Wildman–Crippen MR) is 79.3 cm³/mol. The monoisotopic (exact) mass is 300 g/mol. The van der Waals surface area contributed by atoms with Crippen molar-refractivity contribution in [1.29, 1.82) is 0 Å². The number of hydrogen-bond acceptors (Lipinski definition) is 4. The topological polar surface area (TPSA) is 83.6 Å². The molecule has 3 N–H and O–H groups in total. The predicted octanol–water partition coefficient (Wildman–Crippen LogP) is 1.51. The Labute approximate surface area is 124 Å². The Morgan fingerprint density at radius 3 is 2.35 bits per heavy atom. The summed E-state index contributed by atoms with van der Waals surface area (Å²) in [6.45, 7) is 4.08. The van der Waals surface area contributed by atoms with Crippen molar-refractivity contribution in [1.82, 2.24) is 4.90 Å². The maximum absolute atomic E-state index is 12.7. The van der Waals surface area contributed by atoms with Gasteiger partial charge >= 0.3 is 5.97 Å². The van der Waals surface area contributed by atoms with Gasteiger partial charge in [-0.15, -0.1) is 11.8 Å². The molecule has 5 nitrogen and oxygen atoms in total. The molecule has 0 aromatic carbocycles. The largest absolute Gasteiger partial charge is 0.480 e. The molecule has 1 saturated heterocycles. The number of carbonyl (C=O) groups is 2. The highest BCUT2D eigenvalue weighted by Crippen LogP contribution is 2.37. The zero-order valence-electron chi connectivity index (χ0n) is 12.1. The van der Waals surface area contributed by atoms with Crippen molar-refractivity contribution >= 4 is 23.6 Å². The molecule has 1 saturated carbocycles. The van der Waals surface area contributed by atoms with Gasteiger partial charge in [0, 0.05) is 17.7 Å². The first-order valence-electron chi connectivity index (χ1n) is 7.34. The number of thioether (sulfide) groups is 1. The second kappa shape index (κ2) is 6.35. The Morgan fingerprint density at radius 2 is 1.85 bits per heavy atom. The summed E-state index contributed by atoms with van der Waals surface area (Å²) in [5.74, 6) is -0.152. The van der Waals surface area contributed by atoms with E-state index in [1.54, 1.807) is 16.7 Å². The second-order valence-electron chi connectivity index (χ2n) is 6.18. The van der Waals surface area contributed by atoms with Crippen LogP contribution in [0, 0.1) is 11.8 Å². The van der Waals surface area contributed by atoms with E-state index in [1.807, 2.05) is 13.8 Å². The third kappa shape index (κ3) is 3.11. The van der Waals surface area contributed by atoms with E-state index in [1.165, 1.54) is 0 Å². The van der Waals surface area contributed by atoms with Gasteiger partial charge in [0.25, 0.3) is 0 Å². The van der Waals surface area contributed by atoms with Crippen LogP contribution in [0.4, 0.5) is 0 Å². The van der Waals surface area contributed by atoms with Crippen LogP contribution >= 0.6 is 11.8 Å². The molecule has 0 aromatic rings. The van der Waals surface area contributed by atoms with E-state index in [9.17, 15) is 14.7 Å². The number of nitrogens with zero attached hydrogens (tertiary/aromatic N) is 1. The number of carboxylic acids is 1. The normalized spacial score (nSPS) is 34.5. The highest BCUT2D eigenvalue weighted by atomic mass is 32.2. The fourth-order valence-electron chi connectivity index (χ4n) is 3.09. The average molecular weight is 300 g/mol. The number of carbonyl (C=O) groups excluding carboxylic acids is 1. The summed E-state index contributed by atoms with van der Waals surface area (Å²) in [7, 11) is 0. The van der Waals surface area contributed by atoms with E-state index in [2.05, 4.69) is 0 Å². The van der Waals surface area contributed by atoms with Gasteiger partial charge in [-0.25, -0.2) is 4.79 Å². The van der Waals surface area contributed by atoms with Crippen LogP contribution in [0.15, 0.2) is 0 Å². The summed E-state index contributed by atoms with van der Waals surface area (Å²) in [5.41, 5.74) is 5.88. The van der Waals surface area contributed by atoms with Gasteiger partial charge in [-0.2, -0.15) is 0 Å². The third-order valence-electron chi connectivity index (χ3n) is 4.27. The second-order valence-corrected chi connectivity index (χ2v) is 7.33. The molecule has 0 spiro atoms. The van der Waals surface area contributed by atoms with E-state index < -0.39 is 12.0 Å². The minimum atomic E-state index is -0.887. The van der Waals surface area contributed by atoms with Crippen molar-refractivity contribution in [3.05, 3.63) is 0 Å². The number of hydrogen-bond donors (Lipinski definition) is 2. The highest BCUT2D eigenvalue weighted by molar-refractivity contribution is 8.00. The summed E-state index contributed by atoms with van der Waals surface area (Å²) >= 11 is 1.59. The minimum Gasteiger partial charge on any atom is -0.480 e. The zero-order chi connectivity index (χ0) is 14.9. The van der Waals surface area contributed by atoms with Crippen LogP contribution in [0.5, 0.6) is 0 Å². The number of aliphatic carboxylic acids is 1. The molecular formula is C14H24N2O3S. The molecule has 2 rings (SSSR count). The maximum Gasteiger partial charge on any atom is 0.327 e. The fourth-order valence-corrected chi connectivity index (χ4v) is 4.57. The number of rotatable bonds is 3. The Kier molecular flexibility index (Phi) is 4.96. The molecule has 2 aliphatic rings. The van der Waals surface area contributed by atoms with Crippen molar-refractivity contribution in [3.63, 3.8) is 0 Å². The van der Waals surface area contributed by atoms with Gasteiger partial charge in [0.05, 0.1) is 5.37 Å². The Bertz CT molecular complexity index is 381. The quantitative estimate of drug-likeness (QED) is 0.825. The zero-order valence-corrected chi connectivity index (χ0v) is 12.9. The minimum absolute atomic E-state index is 0.0146. The first-order valence-corrected chi connectivity index (χ1v) is 8.38. The van der Waals surface area contributed by atoms with Gasteiger partial charge in [-0.1, -0.05) is 13.8 Å². The summed E-state index contributed by atoms with van der Waals surface area (Å²) in [5, 5.41) is 9.33. The lowest BCUT2D eigenvalue weighted by Crippen LogP contribution is -2.50. The molecule has 0 bridgehead atoms. The van der Waals surface area contributed by atoms with Crippen LogP contribution in [0.3, 0.4) is 0 Å². The summed E-state index contributed by atoms with van der Waals surface area (Å²) < 4.78 is 0. The van der Waals surface area contributed by atoms with E-state index in [0.717, 1.165) is 25.7 Å². The van der Waals surface area contributed by atoms with Crippen molar-refractivity contribution in [3.8, 4) is 0 Å². The molecule has 114 valence electrons. The van der Waals surface area contributed by atoms with E-state index in [-0.39, 0.29) is 29.2 Å². The summed E-state index contributed by atoms with van der Waals surface area (Å²) in [6.07, 6.45) is 3.31. The lowest BCUT2D eigenvalue weighted by molar-refractivity contribution is -0.152. The van der Waals surface area contributed by atoms with Gasteiger partial charge in [-0.3, -0.25) is 4.79 Å². The summed E-state index contributed by atoms with van der Waals surface area (Å²) in [4.78, 5) is 25.8. The third-order valence-corrected chi connectivity index (χ3v) is 5.89. The lowest BCUT2D eigenvalue weighted by atomic mass is 9.85. The SMILES string of the molecule is CC(C)C1SCC(C(=O)O)N1C(=O)C1CCC(N)CC1. The van der Waals surface area contributed by atoms with Crippen molar-refractivity contribution in [2.45, 2.75) is 57.0 Å². The first-order chi connectivity index (χ1) is 9.41. The van der Waals surface area contributed by atoms with E-state index in [4.69, 9.17) is 5.73 Å². The van der Waals surface area contributed by atoms with Gasteiger partial charge in [0.2, 0.25) is 5.91 Å². The molecule has 1 aliphatic carbocycles. The molecule has 1 heterocycles. The molecule has 2 unspecified atom stereocenters. The molecule has 0 radical (unpaired) electrons. The van der Waals surface area contributed by atoms with Crippen molar-refractivity contribution < 1.29 is 14.7 Å². The molecule has 0 aromatic heterocycles. The van der Waals surface area contributed by atoms with Crippen LogP contribution in [0.25, 0.3) is 0 Å². The summed E-state index contributed by atoms with van der Waals surface area (Å²) in [6, 6.07) is -0.473. The van der Waals surface area contributed by atoms with E-state index >= 15 is 0 Å². The van der Waals surface area contributed by atoms with Gasteiger partial charge in [-0.05, 0) is 31.6 Å². The molecule has 1 aliphatic heterocycles. The number of amides is 1. The lowest BCUT2D eigenvalue weighted by Gasteiger charge is -2.35. The molecule has 6 heteroatoms. The van der Waals surface area contributed by atoms with Crippen LogP contribution in [0.1, 0.15) is 39.5 Å². The molecule has 2 atom stereocenters. The molecule has 20 heavy (non-hydrogen) atoms. The van der Waals surface area contributed by atoms with Gasteiger partial charge < -0.3 is 15.7 Å². The van der Waals surface area contributed by atoms with Crippen LogP contribution in [-0.4, -0.2) is 45.1 Å². The van der Waals surface area contributed by atoms with Crippen molar-refractivity contribution in [2.24, 2.45) is 17.6 Å². The first kappa shape index (κ1) is 15.6. The van der Waals surface area contributed by atoms with Crippen LogP contribution < -0.4 is 5.73 Å². The molecular weight excluding hydrogens is 276 g/mol. The van der Waals surface area contributed by atoms with Crippen LogP contribution in [0.2, 0.25) is 0 Å². The number of carboxylic acid groups (broad SMARTS) is 1. The highest BCUT2D eigenvalue weighted by Gasteiger charge is 2.44. The standard InChI is InChI=1S/C14H24N2O3S/c1-8(2)13-16(11(7-20-13)14(18)19)12(17)9-3-5-10(15)6-4-9/h8-11,13H,3-7,15H2,1-2H3,(H,18,19). The maximum atomic E-state index is 12.7. The Morgan fingerprint density at radius 1 is 1.25 bits per heavy atom. The number of nitrogens with two attached hydrogens (primary N) is 1. The molecule has 2 fully saturated rings. The average Bonchev–Trinajstić information content (AvgIpc) is 2.83. The fraction of sp³-hybridized carbons (Fsp3) is 0.857. The smallest absolute Gasteiger partial charge is 0.327 e.